The van der Waals surface area contributed by atoms with Crippen molar-refractivity contribution in [2.75, 3.05) is 6.54 Å². The van der Waals surface area contributed by atoms with Gasteiger partial charge in [0.05, 0.1) is 5.41 Å². The Balaban J connectivity index is 2.14. The van der Waals surface area contributed by atoms with Crippen LogP contribution in [0.5, 0.6) is 0 Å². The van der Waals surface area contributed by atoms with E-state index in [4.69, 9.17) is 0 Å². The summed E-state index contributed by atoms with van der Waals surface area (Å²) >= 11 is 0. The molecule has 0 aromatic carbocycles. The van der Waals surface area contributed by atoms with Crippen LogP contribution in [0.4, 0.5) is 0 Å². The summed E-state index contributed by atoms with van der Waals surface area (Å²) < 4.78 is 0. The number of hydrogen-bond donors (Lipinski definition) is 2. The van der Waals surface area contributed by atoms with E-state index in [0.717, 1.165) is 25.7 Å². The zero-order valence-electron chi connectivity index (χ0n) is 12.7. The summed E-state index contributed by atoms with van der Waals surface area (Å²) in [5.74, 6) is -0.747. The van der Waals surface area contributed by atoms with Gasteiger partial charge >= 0.3 is 5.97 Å². The van der Waals surface area contributed by atoms with Gasteiger partial charge in [0, 0.05) is 13.0 Å². The van der Waals surface area contributed by atoms with Crippen molar-refractivity contribution < 1.29 is 14.7 Å². The molecule has 1 saturated carbocycles. The van der Waals surface area contributed by atoms with E-state index in [9.17, 15) is 14.7 Å². The fraction of sp³-hybridized carbons (Fsp3) is 0.875. The largest absolute Gasteiger partial charge is 0.481 e. The molecule has 0 saturated heterocycles. The van der Waals surface area contributed by atoms with Gasteiger partial charge in [-0.05, 0) is 19.3 Å². The summed E-state index contributed by atoms with van der Waals surface area (Å²) in [7, 11) is 0. The van der Waals surface area contributed by atoms with Crippen LogP contribution in [0.1, 0.15) is 77.6 Å². The summed E-state index contributed by atoms with van der Waals surface area (Å²) in [6.07, 6.45) is 10.8. The Labute approximate surface area is 122 Å². The lowest BCUT2D eigenvalue weighted by molar-refractivity contribution is -0.148. The van der Waals surface area contributed by atoms with Crippen molar-refractivity contribution in [1.82, 2.24) is 5.32 Å². The highest BCUT2D eigenvalue weighted by atomic mass is 16.4. The van der Waals surface area contributed by atoms with Gasteiger partial charge < -0.3 is 10.4 Å². The third kappa shape index (κ3) is 5.51. The average Bonchev–Trinajstić information content (AvgIpc) is 2.90. The quantitative estimate of drug-likeness (QED) is 0.603. The highest BCUT2D eigenvalue weighted by Gasteiger charge is 2.41. The molecule has 0 spiro atoms. The number of aliphatic carboxylic acids is 1. The number of amides is 1. The van der Waals surface area contributed by atoms with Gasteiger partial charge in [0.25, 0.3) is 0 Å². The van der Waals surface area contributed by atoms with E-state index in [1.54, 1.807) is 0 Å². The van der Waals surface area contributed by atoms with Crippen LogP contribution in [-0.4, -0.2) is 23.5 Å². The van der Waals surface area contributed by atoms with Crippen molar-refractivity contribution in [1.29, 1.82) is 0 Å². The van der Waals surface area contributed by atoms with Crippen LogP contribution in [0.15, 0.2) is 0 Å². The Kier molecular flexibility index (Phi) is 7.63. The van der Waals surface area contributed by atoms with E-state index < -0.39 is 11.4 Å². The summed E-state index contributed by atoms with van der Waals surface area (Å²) in [4.78, 5) is 23.1. The van der Waals surface area contributed by atoms with Crippen molar-refractivity contribution in [3.05, 3.63) is 0 Å². The number of carboxylic acids is 1. The van der Waals surface area contributed by atoms with Crippen LogP contribution in [-0.2, 0) is 9.59 Å². The van der Waals surface area contributed by atoms with Gasteiger partial charge in [-0.1, -0.05) is 51.9 Å². The van der Waals surface area contributed by atoms with Crippen molar-refractivity contribution in [2.24, 2.45) is 5.41 Å². The summed E-state index contributed by atoms with van der Waals surface area (Å²) in [5, 5.41) is 12.2. The molecule has 1 amide bonds. The highest BCUT2D eigenvalue weighted by molar-refractivity contribution is 5.79. The summed E-state index contributed by atoms with van der Waals surface area (Å²) in [6, 6.07) is 0. The van der Waals surface area contributed by atoms with Crippen LogP contribution in [0.2, 0.25) is 0 Å². The lowest BCUT2D eigenvalue weighted by Crippen LogP contribution is -2.41. The monoisotopic (exact) mass is 283 g/mol. The minimum Gasteiger partial charge on any atom is -0.481 e. The molecule has 0 bridgehead atoms. The van der Waals surface area contributed by atoms with Crippen LogP contribution in [0.25, 0.3) is 0 Å². The fourth-order valence-corrected chi connectivity index (χ4v) is 2.94. The molecule has 4 heteroatoms. The molecule has 1 aliphatic rings. The Bertz CT molecular complexity index is 309. The molecular weight excluding hydrogens is 254 g/mol. The van der Waals surface area contributed by atoms with E-state index in [1.165, 1.54) is 25.7 Å². The van der Waals surface area contributed by atoms with Crippen molar-refractivity contribution in [3.8, 4) is 0 Å². The predicted octanol–water partition coefficient (Wildman–Crippen LogP) is 3.50. The molecule has 0 radical (unpaired) electrons. The SMILES string of the molecule is CCCCCCCCC(=O)NCC1(C(=O)O)CCCC1. The topological polar surface area (TPSA) is 66.4 Å². The van der Waals surface area contributed by atoms with Crippen molar-refractivity contribution in [3.63, 3.8) is 0 Å². The second kappa shape index (κ2) is 8.98. The Hall–Kier alpha value is -1.06. The Morgan fingerprint density at radius 2 is 1.65 bits per heavy atom. The van der Waals surface area contributed by atoms with E-state index in [-0.39, 0.29) is 5.91 Å². The number of hydrogen-bond acceptors (Lipinski definition) is 2. The van der Waals surface area contributed by atoms with Crippen molar-refractivity contribution in [2.45, 2.75) is 77.6 Å². The van der Waals surface area contributed by atoms with Gasteiger partial charge in [-0.3, -0.25) is 9.59 Å². The number of rotatable bonds is 10. The maximum atomic E-state index is 11.7. The third-order valence-electron chi connectivity index (χ3n) is 4.40. The summed E-state index contributed by atoms with van der Waals surface area (Å²) in [6.45, 7) is 2.49. The van der Waals surface area contributed by atoms with Crippen LogP contribution in [0.3, 0.4) is 0 Å². The van der Waals surface area contributed by atoms with E-state index in [2.05, 4.69) is 12.2 Å². The smallest absolute Gasteiger partial charge is 0.311 e. The van der Waals surface area contributed by atoms with E-state index in [1.807, 2.05) is 0 Å². The predicted molar refractivity (Wildman–Crippen MR) is 79.5 cm³/mol. The van der Waals surface area contributed by atoms with E-state index in [0.29, 0.717) is 25.8 Å². The molecule has 4 nitrogen and oxygen atoms in total. The minimum atomic E-state index is -0.755. The molecular formula is C16H29NO3. The Morgan fingerprint density at radius 1 is 1.05 bits per heavy atom. The first kappa shape index (κ1) is 17.0. The van der Waals surface area contributed by atoms with Gasteiger partial charge in [-0.2, -0.15) is 0 Å². The number of unbranched alkanes of at least 4 members (excludes halogenated alkanes) is 5. The number of nitrogens with one attached hydrogen (secondary N) is 1. The average molecular weight is 283 g/mol. The lowest BCUT2D eigenvalue weighted by atomic mass is 9.86. The Morgan fingerprint density at radius 3 is 2.25 bits per heavy atom. The van der Waals surface area contributed by atoms with Crippen LogP contribution >= 0.6 is 0 Å². The first-order valence-electron chi connectivity index (χ1n) is 8.11. The normalized spacial score (nSPS) is 17.1. The van der Waals surface area contributed by atoms with Gasteiger partial charge in [0.15, 0.2) is 0 Å². The van der Waals surface area contributed by atoms with Crippen LogP contribution in [0, 0.1) is 5.41 Å². The first-order valence-corrected chi connectivity index (χ1v) is 8.11. The third-order valence-corrected chi connectivity index (χ3v) is 4.40. The zero-order chi connectivity index (χ0) is 14.8. The number of carbonyl (C=O) groups is 2. The first-order chi connectivity index (χ1) is 9.60. The molecule has 2 N–H and O–H groups in total. The van der Waals surface area contributed by atoms with Gasteiger partial charge in [0.1, 0.15) is 0 Å². The molecule has 1 aliphatic carbocycles. The van der Waals surface area contributed by atoms with Gasteiger partial charge in [0.2, 0.25) is 5.91 Å². The molecule has 1 fully saturated rings. The minimum absolute atomic E-state index is 0.00742. The molecule has 20 heavy (non-hydrogen) atoms. The fourth-order valence-electron chi connectivity index (χ4n) is 2.94. The van der Waals surface area contributed by atoms with Crippen molar-refractivity contribution >= 4 is 11.9 Å². The number of carbonyl (C=O) groups excluding carboxylic acids is 1. The standard InChI is InChI=1S/C16H29NO3/c1-2-3-4-5-6-7-10-14(18)17-13-16(15(19)20)11-8-9-12-16/h2-13H2,1H3,(H,17,18)(H,19,20). The molecule has 0 aliphatic heterocycles. The molecule has 1 rings (SSSR count). The summed E-state index contributed by atoms with van der Waals surface area (Å²) in [5.41, 5.74) is -0.698. The molecule has 0 aromatic heterocycles. The molecule has 0 unspecified atom stereocenters. The van der Waals surface area contributed by atoms with Gasteiger partial charge in [-0.15, -0.1) is 0 Å². The maximum absolute atomic E-state index is 11.7. The lowest BCUT2D eigenvalue weighted by Gasteiger charge is -2.23. The number of carboxylic acid groups (broad SMARTS) is 1. The second-order valence-corrected chi connectivity index (χ2v) is 6.09. The van der Waals surface area contributed by atoms with E-state index >= 15 is 0 Å². The second-order valence-electron chi connectivity index (χ2n) is 6.09. The maximum Gasteiger partial charge on any atom is 0.311 e. The zero-order valence-corrected chi connectivity index (χ0v) is 12.7. The molecule has 0 atom stereocenters. The van der Waals surface area contributed by atoms with Crippen LogP contribution < -0.4 is 5.32 Å². The van der Waals surface area contributed by atoms with Gasteiger partial charge in [-0.25, -0.2) is 0 Å². The highest BCUT2D eigenvalue weighted by Crippen LogP contribution is 2.37. The molecule has 0 heterocycles. The molecule has 0 aromatic rings. The molecule has 116 valence electrons.